The van der Waals surface area contributed by atoms with Crippen molar-refractivity contribution in [3.63, 3.8) is 0 Å². The van der Waals surface area contributed by atoms with Crippen molar-refractivity contribution in [3.05, 3.63) is 18.2 Å². The van der Waals surface area contributed by atoms with Crippen LogP contribution in [0.5, 0.6) is 0 Å². The molecule has 12 heavy (non-hydrogen) atoms. The number of rotatable bonds is 3. The maximum Gasteiger partial charge on any atom is 1.00 e. The standard InChI is InChI=1S/C6H9N3O2.Ag/c7-5(6(10)11)1-4-2-8-3-9-4;/h2-3,5H,1,7H2,(H,8,9)(H,10,11);/q;+1/p-1. The van der Waals surface area contributed by atoms with Crippen molar-refractivity contribution in [1.82, 2.24) is 9.97 Å². The molecule has 1 heterocycles. The zero-order chi connectivity index (χ0) is 8.27. The Bertz CT molecular complexity index is 237. The first-order chi connectivity index (χ1) is 5.20. The third-order valence-electron chi connectivity index (χ3n) is 1.30. The largest absolute Gasteiger partial charge is 1.00 e. The molecule has 1 aromatic rings. The van der Waals surface area contributed by atoms with Crippen LogP contribution in [0.1, 0.15) is 5.69 Å². The number of H-pyrrole nitrogens is 1. The van der Waals surface area contributed by atoms with E-state index in [0.29, 0.717) is 5.69 Å². The molecule has 70 valence electrons. The Morgan fingerprint density at radius 1 is 1.83 bits per heavy atom. The van der Waals surface area contributed by atoms with E-state index in [4.69, 9.17) is 5.73 Å². The van der Waals surface area contributed by atoms with Gasteiger partial charge < -0.3 is 20.6 Å². The van der Waals surface area contributed by atoms with Crippen molar-refractivity contribution in [3.8, 4) is 0 Å². The van der Waals surface area contributed by atoms with Gasteiger partial charge in [-0.1, -0.05) is 0 Å². The molecule has 1 aromatic heterocycles. The van der Waals surface area contributed by atoms with E-state index in [0.717, 1.165) is 0 Å². The third kappa shape index (κ3) is 3.19. The summed E-state index contributed by atoms with van der Waals surface area (Å²) in [6.07, 6.45) is 3.22. The molecule has 0 fully saturated rings. The summed E-state index contributed by atoms with van der Waals surface area (Å²) >= 11 is 0. The minimum atomic E-state index is -1.25. The van der Waals surface area contributed by atoms with Crippen molar-refractivity contribution >= 4 is 5.97 Å². The molecule has 0 bridgehead atoms. The number of aromatic amines is 1. The Hall–Kier alpha value is -0.620. The molecule has 1 rings (SSSR count). The van der Waals surface area contributed by atoms with Crippen LogP contribution in [0.3, 0.4) is 0 Å². The van der Waals surface area contributed by atoms with E-state index in [1.54, 1.807) is 0 Å². The predicted octanol–water partition coefficient (Wildman–Crippen LogP) is -1.97. The molecule has 0 aliphatic carbocycles. The molecule has 0 amide bonds. The first-order valence-corrected chi connectivity index (χ1v) is 3.14. The fraction of sp³-hybridized carbons (Fsp3) is 0.333. The van der Waals surface area contributed by atoms with Crippen LogP contribution in [0.4, 0.5) is 0 Å². The quantitative estimate of drug-likeness (QED) is 0.617. The van der Waals surface area contributed by atoms with Crippen LogP contribution in [0.25, 0.3) is 0 Å². The maximum absolute atomic E-state index is 10.2. The summed E-state index contributed by atoms with van der Waals surface area (Å²) in [6.45, 7) is 0. The van der Waals surface area contributed by atoms with Crippen LogP contribution in [-0.4, -0.2) is 22.0 Å². The van der Waals surface area contributed by atoms with Crippen LogP contribution in [-0.2, 0) is 33.6 Å². The number of carboxylic acids is 1. The van der Waals surface area contributed by atoms with E-state index < -0.39 is 12.0 Å². The van der Waals surface area contributed by atoms with Crippen molar-refractivity contribution in [2.75, 3.05) is 0 Å². The molecule has 0 aliphatic heterocycles. The fourth-order valence-corrected chi connectivity index (χ4v) is 0.717. The van der Waals surface area contributed by atoms with Gasteiger partial charge in [0, 0.05) is 24.4 Å². The summed E-state index contributed by atoms with van der Waals surface area (Å²) in [5.74, 6) is -1.25. The van der Waals surface area contributed by atoms with Crippen LogP contribution in [0, 0.1) is 0 Å². The van der Waals surface area contributed by atoms with E-state index >= 15 is 0 Å². The molecule has 3 N–H and O–H groups in total. The number of carbonyl (C=O) groups is 1. The van der Waals surface area contributed by atoms with Crippen molar-refractivity contribution in [2.45, 2.75) is 12.5 Å². The van der Waals surface area contributed by atoms with Gasteiger partial charge in [0.15, 0.2) is 0 Å². The summed E-state index contributed by atoms with van der Waals surface area (Å²) in [5, 5.41) is 10.2. The summed E-state index contributed by atoms with van der Waals surface area (Å²) < 4.78 is 0. The first-order valence-electron chi connectivity index (χ1n) is 3.14. The van der Waals surface area contributed by atoms with E-state index in [-0.39, 0.29) is 28.8 Å². The Labute approximate surface area is 84.9 Å². The van der Waals surface area contributed by atoms with Gasteiger partial charge in [-0.2, -0.15) is 0 Å². The van der Waals surface area contributed by atoms with Gasteiger partial charge in [0.1, 0.15) is 0 Å². The van der Waals surface area contributed by atoms with Gasteiger partial charge in [-0.3, -0.25) is 0 Å². The summed E-state index contributed by atoms with van der Waals surface area (Å²) in [4.78, 5) is 16.6. The third-order valence-corrected chi connectivity index (χ3v) is 1.30. The second-order valence-electron chi connectivity index (χ2n) is 2.21. The average molecular weight is 262 g/mol. The monoisotopic (exact) mass is 261 g/mol. The van der Waals surface area contributed by atoms with Crippen molar-refractivity contribution < 1.29 is 32.3 Å². The molecule has 0 aromatic carbocycles. The molecule has 0 spiro atoms. The molecule has 0 saturated carbocycles. The molecule has 0 aliphatic rings. The van der Waals surface area contributed by atoms with Crippen LogP contribution in [0.2, 0.25) is 0 Å². The smallest absolute Gasteiger partial charge is 0.548 e. The number of nitrogens with two attached hydrogens (primary N) is 1. The van der Waals surface area contributed by atoms with Gasteiger partial charge in [-0.15, -0.1) is 0 Å². The molecular weight excluding hydrogens is 254 g/mol. The summed E-state index contributed by atoms with van der Waals surface area (Å²) in [5.41, 5.74) is 5.89. The van der Waals surface area contributed by atoms with Crippen LogP contribution >= 0.6 is 0 Å². The number of hydrogen-bond acceptors (Lipinski definition) is 4. The van der Waals surface area contributed by atoms with Gasteiger partial charge in [-0.25, -0.2) is 4.98 Å². The number of nitrogens with zero attached hydrogens (tertiary/aromatic N) is 1. The van der Waals surface area contributed by atoms with E-state index in [1.807, 2.05) is 0 Å². The SMILES string of the molecule is NC(Cc1cnc[nH]1)C(=O)[O-].[Ag+]. The van der Waals surface area contributed by atoms with Gasteiger partial charge in [0.25, 0.3) is 0 Å². The molecule has 6 heteroatoms. The second-order valence-corrected chi connectivity index (χ2v) is 2.21. The molecule has 0 radical (unpaired) electrons. The number of aromatic nitrogens is 2. The van der Waals surface area contributed by atoms with Crippen molar-refractivity contribution in [1.29, 1.82) is 0 Å². The Morgan fingerprint density at radius 2 is 2.50 bits per heavy atom. The van der Waals surface area contributed by atoms with Gasteiger partial charge in [0.05, 0.1) is 12.3 Å². The predicted molar refractivity (Wildman–Crippen MR) is 35.3 cm³/mol. The van der Waals surface area contributed by atoms with Crippen LogP contribution < -0.4 is 10.8 Å². The number of nitrogens with one attached hydrogen (secondary N) is 1. The Balaban J connectivity index is 0.00000121. The van der Waals surface area contributed by atoms with Gasteiger partial charge >= 0.3 is 22.4 Å². The number of carbonyl (C=O) groups excluding carboxylic acids is 1. The zero-order valence-electron chi connectivity index (χ0n) is 6.08. The summed E-state index contributed by atoms with van der Waals surface area (Å²) in [6, 6.07) is -0.963. The molecular formula is C6H8AgN3O2. The van der Waals surface area contributed by atoms with E-state index in [9.17, 15) is 9.90 Å². The summed E-state index contributed by atoms with van der Waals surface area (Å²) in [7, 11) is 0. The fourth-order valence-electron chi connectivity index (χ4n) is 0.717. The Kier molecular flexibility index (Phi) is 4.84. The number of carboxylic acid groups (broad SMARTS) is 1. The van der Waals surface area contributed by atoms with Crippen LogP contribution in [0.15, 0.2) is 12.5 Å². The average Bonchev–Trinajstić information content (AvgIpc) is 2.39. The van der Waals surface area contributed by atoms with E-state index in [1.165, 1.54) is 12.5 Å². The minimum Gasteiger partial charge on any atom is -0.548 e. The van der Waals surface area contributed by atoms with E-state index in [2.05, 4.69) is 9.97 Å². The van der Waals surface area contributed by atoms with Gasteiger partial charge in [0.2, 0.25) is 0 Å². The molecule has 1 atom stereocenters. The maximum atomic E-state index is 10.2. The normalized spacial score (nSPS) is 11.8. The Morgan fingerprint density at radius 3 is 2.92 bits per heavy atom. The minimum absolute atomic E-state index is 0. The zero-order valence-corrected chi connectivity index (χ0v) is 7.56. The molecule has 1 unspecified atom stereocenters. The number of imidazole rings is 1. The second kappa shape index (κ2) is 5.10. The topological polar surface area (TPSA) is 94.8 Å². The number of hydrogen-bond donors (Lipinski definition) is 2. The first kappa shape index (κ1) is 11.4. The molecule has 0 saturated heterocycles. The molecule has 5 nitrogen and oxygen atoms in total. The number of aliphatic carboxylic acids is 1. The van der Waals surface area contributed by atoms with Gasteiger partial charge in [-0.05, 0) is 0 Å². The van der Waals surface area contributed by atoms with Crippen molar-refractivity contribution in [2.24, 2.45) is 5.73 Å².